The lowest BCUT2D eigenvalue weighted by Crippen LogP contribution is -2.36. The van der Waals surface area contributed by atoms with Gasteiger partial charge in [0.05, 0.1) is 5.69 Å². The van der Waals surface area contributed by atoms with E-state index in [2.05, 4.69) is 48.1 Å². The average Bonchev–Trinajstić information content (AvgIpc) is 2.93. The highest BCUT2D eigenvalue weighted by Crippen LogP contribution is 2.43. The molecule has 0 spiro atoms. The molecule has 3 aromatic rings. The van der Waals surface area contributed by atoms with Crippen LogP contribution in [0.5, 0.6) is 5.88 Å². The Hall–Kier alpha value is -2.93. The molecule has 4 rings (SSSR count). The predicted octanol–water partition coefficient (Wildman–Crippen LogP) is 6.00. The molecule has 7 heteroatoms. The second-order valence-electron chi connectivity index (χ2n) is 8.15. The molecule has 2 aromatic carbocycles. The van der Waals surface area contributed by atoms with Crippen molar-refractivity contribution in [3.05, 3.63) is 59.7 Å². The predicted molar refractivity (Wildman–Crippen MR) is 128 cm³/mol. The minimum Gasteiger partial charge on any atom is -0.447 e. The van der Waals surface area contributed by atoms with Crippen molar-refractivity contribution in [2.75, 3.05) is 10.7 Å². The molecular weight excluding hydrogens is 420 g/mol. The molecule has 0 N–H and O–H groups in total. The fourth-order valence-electron chi connectivity index (χ4n) is 3.68. The molecule has 1 unspecified atom stereocenters. The smallest absolute Gasteiger partial charge is 0.247 e. The van der Waals surface area contributed by atoms with Crippen molar-refractivity contribution in [3.63, 3.8) is 0 Å². The molecule has 6 nitrogen and oxygen atoms in total. The first-order valence-corrected chi connectivity index (χ1v) is 12.0. The third-order valence-corrected chi connectivity index (χ3v) is 6.39. The van der Waals surface area contributed by atoms with E-state index in [1.807, 2.05) is 36.4 Å². The molecule has 0 fully saturated rings. The van der Waals surface area contributed by atoms with Crippen molar-refractivity contribution in [2.45, 2.75) is 57.8 Å². The van der Waals surface area contributed by atoms with E-state index in [0.717, 1.165) is 35.4 Å². The number of benzene rings is 2. The summed E-state index contributed by atoms with van der Waals surface area (Å²) in [6.07, 6.45) is 1.54. The van der Waals surface area contributed by atoms with E-state index < -0.39 is 6.23 Å². The third-order valence-electron chi connectivity index (χ3n) is 5.47. The van der Waals surface area contributed by atoms with Crippen LogP contribution < -0.4 is 9.64 Å². The molecule has 32 heavy (non-hydrogen) atoms. The number of fused-ring (bicyclic) bond motifs is 3. The number of hydrogen-bond donors (Lipinski definition) is 0. The van der Waals surface area contributed by atoms with Gasteiger partial charge < -0.3 is 4.74 Å². The van der Waals surface area contributed by atoms with Crippen molar-refractivity contribution in [3.8, 4) is 17.1 Å². The van der Waals surface area contributed by atoms with Crippen molar-refractivity contribution < 1.29 is 9.53 Å². The number of amides is 1. The fourth-order valence-corrected chi connectivity index (χ4v) is 4.55. The molecule has 1 aromatic heterocycles. The number of rotatable bonds is 6. The quantitative estimate of drug-likeness (QED) is 0.340. The molecule has 2 heterocycles. The van der Waals surface area contributed by atoms with Gasteiger partial charge >= 0.3 is 0 Å². The maximum Gasteiger partial charge on any atom is 0.247 e. The van der Waals surface area contributed by atoms with Gasteiger partial charge in [-0.2, -0.15) is 4.98 Å². The number of unbranched alkanes of at least 4 members (excludes halogenated alkanes) is 1. The molecule has 0 saturated carbocycles. The molecule has 0 saturated heterocycles. The number of ether oxygens (including phenoxy) is 1. The Balaban J connectivity index is 1.82. The van der Waals surface area contributed by atoms with E-state index in [4.69, 9.17) is 4.74 Å². The highest BCUT2D eigenvalue weighted by atomic mass is 32.2. The molecule has 1 aliphatic heterocycles. The highest BCUT2D eigenvalue weighted by molar-refractivity contribution is 7.99. The van der Waals surface area contributed by atoms with Crippen LogP contribution >= 0.6 is 11.8 Å². The lowest BCUT2D eigenvalue weighted by Gasteiger charge is -2.30. The Morgan fingerprint density at radius 2 is 1.88 bits per heavy atom. The van der Waals surface area contributed by atoms with Crippen molar-refractivity contribution in [1.82, 2.24) is 15.2 Å². The van der Waals surface area contributed by atoms with Crippen LogP contribution in [0.15, 0.2) is 53.7 Å². The van der Waals surface area contributed by atoms with Gasteiger partial charge in [0.1, 0.15) is 0 Å². The summed E-state index contributed by atoms with van der Waals surface area (Å²) < 4.78 is 6.42. The number of hydrogen-bond acceptors (Lipinski definition) is 6. The average molecular weight is 449 g/mol. The number of para-hydroxylation sites is 1. The molecule has 0 bridgehead atoms. The minimum absolute atomic E-state index is 0.117. The Kier molecular flexibility index (Phi) is 6.74. The van der Waals surface area contributed by atoms with Crippen LogP contribution in [-0.2, 0) is 4.79 Å². The van der Waals surface area contributed by atoms with Gasteiger partial charge in [0, 0.05) is 23.8 Å². The largest absolute Gasteiger partial charge is 0.447 e. The first-order valence-electron chi connectivity index (χ1n) is 11.0. The molecule has 0 radical (unpaired) electrons. The maximum absolute atomic E-state index is 12.9. The lowest BCUT2D eigenvalue weighted by atomic mass is 10.0. The molecule has 166 valence electrons. The first-order chi connectivity index (χ1) is 15.5. The number of nitrogens with zero attached hydrogens (tertiary/aromatic N) is 4. The number of carbonyl (C=O) groups is 1. The zero-order valence-corrected chi connectivity index (χ0v) is 19.7. The van der Waals surface area contributed by atoms with Crippen LogP contribution in [0.25, 0.3) is 11.3 Å². The summed E-state index contributed by atoms with van der Waals surface area (Å²) in [7, 11) is 0. The van der Waals surface area contributed by atoms with Gasteiger partial charge in [0.15, 0.2) is 5.69 Å². The molecule has 1 atom stereocenters. The van der Waals surface area contributed by atoms with Gasteiger partial charge in [-0.1, -0.05) is 81.4 Å². The zero-order chi connectivity index (χ0) is 22.7. The monoisotopic (exact) mass is 448 g/mol. The summed E-state index contributed by atoms with van der Waals surface area (Å²) in [5.74, 6) is 1.62. The summed E-state index contributed by atoms with van der Waals surface area (Å²) in [6.45, 7) is 8.02. The summed E-state index contributed by atoms with van der Waals surface area (Å²) in [5.41, 5.74) is 4.18. The van der Waals surface area contributed by atoms with Crippen LogP contribution in [0.4, 0.5) is 5.69 Å². The molecular formula is C25H28N4O2S. The first kappa shape index (κ1) is 22.3. The molecule has 0 aliphatic carbocycles. The lowest BCUT2D eigenvalue weighted by molar-refractivity contribution is -0.118. The maximum atomic E-state index is 12.9. The van der Waals surface area contributed by atoms with Gasteiger partial charge in [-0.15, -0.1) is 10.2 Å². The fraction of sp³-hybridized carbons (Fsp3) is 0.360. The summed E-state index contributed by atoms with van der Waals surface area (Å²) in [5, 5.41) is 9.37. The Labute approximate surface area is 193 Å². The number of aromatic nitrogens is 3. The SMILES string of the molecule is CCCCSc1nnc2c(n1)OC(c1ccc(C(C)C)cc1)N(C(C)=O)c1ccccc1-2. The van der Waals surface area contributed by atoms with Crippen LogP contribution in [0.1, 0.15) is 63.8 Å². The van der Waals surface area contributed by atoms with Crippen molar-refractivity contribution in [1.29, 1.82) is 0 Å². The van der Waals surface area contributed by atoms with Gasteiger partial charge in [-0.25, -0.2) is 0 Å². The number of thioether (sulfide) groups is 1. The zero-order valence-electron chi connectivity index (χ0n) is 18.9. The van der Waals surface area contributed by atoms with Gasteiger partial charge in [0.2, 0.25) is 23.2 Å². The third kappa shape index (κ3) is 4.48. The van der Waals surface area contributed by atoms with Gasteiger partial charge in [0.25, 0.3) is 0 Å². The van der Waals surface area contributed by atoms with Crippen LogP contribution in [0.2, 0.25) is 0 Å². The molecule has 1 aliphatic rings. The number of anilines is 1. The minimum atomic E-state index is -0.652. The van der Waals surface area contributed by atoms with E-state index in [9.17, 15) is 4.79 Å². The second-order valence-corrected chi connectivity index (χ2v) is 9.21. The van der Waals surface area contributed by atoms with E-state index in [1.165, 1.54) is 5.56 Å². The van der Waals surface area contributed by atoms with Gasteiger partial charge in [-0.3, -0.25) is 9.69 Å². The van der Waals surface area contributed by atoms with Crippen LogP contribution in [0, 0.1) is 0 Å². The van der Waals surface area contributed by atoms with E-state index in [-0.39, 0.29) is 5.91 Å². The van der Waals surface area contributed by atoms with E-state index in [1.54, 1.807) is 23.6 Å². The van der Waals surface area contributed by atoms with Crippen LogP contribution in [0.3, 0.4) is 0 Å². The summed E-state index contributed by atoms with van der Waals surface area (Å²) >= 11 is 1.57. The van der Waals surface area contributed by atoms with Crippen molar-refractivity contribution >= 4 is 23.4 Å². The standard InChI is InChI=1S/C25H28N4O2S/c1-5-6-15-32-25-26-23-22(27-28-25)20-9-7-8-10-21(20)29(17(4)30)24(31-23)19-13-11-18(12-14-19)16(2)3/h7-14,16,24H,5-6,15H2,1-4H3. The Morgan fingerprint density at radius 3 is 2.56 bits per heavy atom. The Bertz CT molecular complexity index is 1100. The highest BCUT2D eigenvalue weighted by Gasteiger charge is 2.34. The Morgan fingerprint density at radius 1 is 1.12 bits per heavy atom. The second kappa shape index (κ2) is 9.69. The van der Waals surface area contributed by atoms with E-state index >= 15 is 0 Å². The molecule has 1 amide bonds. The normalized spacial score (nSPS) is 15.0. The van der Waals surface area contributed by atoms with E-state index in [0.29, 0.717) is 22.6 Å². The van der Waals surface area contributed by atoms with Gasteiger partial charge in [-0.05, 0) is 24.0 Å². The van der Waals surface area contributed by atoms with Crippen molar-refractivity contribution in [2.24, 2.45) is 0 Å². The topological polar surface area (TPSA) is 68.2 Å². The summed E-state index contributed by atoms with van der Waals surface area (Å²) in [4.78, 5) is 19.2. The summed E-state index contributed by atoms with van der Waals surface area (Å²) in [6, 6.07) is 15.9. The van der Waals surface area contributed by atoms with Crippen LogP contribution in [-0.4, -0.2) is 26.8 Å². The number of carbonyl (C=O) groups excluding carboxylic acids is 1.